The first-order valence-electron chi connectivity index (χ1n) is 8.54. The van der Waals surface area contributed by atoms with Gasteiger partial charge in [-0.05, 0) is 41.8 Å². The number of aromatic nitrogens is 1. The molecule has 0 spiro atoms. The lowest BCUT2D eigenvalue weighted by Gasteiger charge is -2.16. The van der Waals surface area contributed by atoms with Crippen LogP contribution in [0.5, 0.6) is 5.75 Å². The number of benzene rings is 3. The van der Waals surface area contributed by atoms with Crippen molar-refractivity contribution in [3.05, 3.63) is 85.1 Å². The summed E-state index contributed by atoms with van der Waals surface area (Å²) in [6.45, 7) is 2.63. The Morgan fingerprint density at radius 3 is 2.32 bits per heavy atom. The van der Waals surface area contributed by atoms with Crippen LogP contribution < -0.4 is 4.74 Å². The highest BCUT2D eigenvalue weighted by molar-refractivity contribution is 6.01. The number of pyridine rings is 1. The zero-order chi connectivity index (χ0) is 17.1. The Balaban J connectivity index is 2.04. The van der Waals surface area contributed by atoms with E-state index in [-0.39, 0.29) is 0 Å². The predicted molar refractivity (Wildman–Crippen MR) is 104 cm³/mol. The summed E-state index contributed by atoms with van der Waals surface area (Å²) >= 11 is 0. The topological polar surface area (TPSA) is 22.1 Å². The molecule has 1 heterocycles. The van der Waals surface area contributed by atoms with E-state index in [0.29, 0.717) is 6.61 Å². The van der Waals surface area contributed by atoms with E-state index in [1.807, 2.05) is 31.3 Å². The molecule has 4 rings (SSSR count). The molecule has 25 heavy (non-hydrogen) atoms. The molecule has 3 aromatic carbocycles. The molecule has 0 bridgehead atoms. The lowest BCUT2D eigenvalue weighted by Crippen LogP contribution is -1.97. The number of fused-ring (bicyclic) bond motifs is 1. The van der Waals surface area contributed by atoms with E-state index in [9.17, 15) is 0 Å². The van der Waals surface area contributed by atoms with Gasteiger partial charge in [0.15, 0.2) is 0 Å². The van der Waals surface area contributed by atoms with Gasteiger partial charge < -0.3 is 4.74 Å². The highest BCUT2D eigenvalue weighted by atomic mass is 16.5. The molecule has 0 saturated heterocycles. The maximum absolute atomic E-state index is 5.95. The number of rotatable bonds is 4. The van der Waals surface area contributed by atoms with Crippen molar-refractivity contribution in [2.24, 2.45) is 0 Å². The summed E-state index contributed by atoms with van der Waals surface area (Å²) in [5, 5.41) is 1.11. The summed E-state index contributed by atoms with van der Waals surface area (Å²) in [5.41, 5.74) is 5.54. The Bertz CT molecular complexity index is 1010. The zero-order valence-corrected chi connectivity index (χ0v) is 14.1. The third kappa shape index (κ3) is 2.87. The van der Waals surface area contributed by atoms with Crippen molar-refractivity contribution < 1.29 is 4.74 Å². The predicted octanol–water partition coefficient (Wildman–Crippen LogP) is 5.97. The molecule has 0 fully saturated rings. The van der Waals surface area contributed by atoms with Crippen LogP contribution in [0.2, 0.25) is 0 Å². The van der Waals surface area contributed by atoms with Crippen molar-refractivity contribution in [3.8, 4) is 28.0 Å². The van der Waals surface area contributed by atoms with Crippen LogP contribution >= 0.6 is 0 Å². The van der Waals surface area contributed by atoms with Crippen LogP contribution in [0.3, 0.4) is 0 Å². The van der Waals surface area contributed by atoms with Gasteiger partial charge in [0.1, 0.15) is 5.75 Å². The molecule has 1 aromatic heterocycles. The van der Waals surface area contributed by atoms with Crippen molar-refractivity contribution in [2.75, 3.05) is 6.61 Å². The summed E-state index contributed by atoms with van der Waals surface area (Å²) in [7, 11) is 0. The summed E-state index contributed by atoms with van der Waals surface area (Å²) in [4.78, 5) is 4.66. The number of hydrogen-bond donors (Lipinski definition) is 0. The fourth-order valence-electron chi connectivity index (χ4n) is 3.23. The molecule has 2 heteroatoms. The molecular formula is C23H19NO. The summed E-state index contributed by atoms with van der Waals surface area (Å²) in [6.07, 6.45) is 1.84. The van der Waals surface area contributed by atoms with Crippen LogP contribution in [0.1, 0.15) is 6.92 Å². The Labute approximate surface area is 147 Å². The summed E-state index contributed by atoms with van der Waals surface area (Å²) in [5.74, 6) is 0.872. The van der Waals surface area contributed by atoms with Crippen LogP contribution in [-0.2, 0) is 0 Å². The molecule has 122 valence electrons. The quantitative estimate of drug-likeness (QED) is 0.461. The number of nitrogens with zero attached hydrogens (tertiary/aromatic N) is 1. The summed E-state index contributed by atoms with van der Waals surface area (Å²) < 4.78 is 5.95. The second kappa shape index (κ2) is 6.78. The average molecular weight is 325 g/mol. The molecule has 4 aromatic rings. The minimum absolute atomic E-state index is 0.624. The zero-order valence-electron chi connectivity index (χ0n) is 14.1. The van der Waals surface area contributed by atoms with Gasteiger partial charge in [-0.25, -0.2) is 0 Å². The minimum Gasteiger partial charge on any atom is -0.493 e. The molecule has 0 saturated carbocycles. The highest BCUT2D eigenvalue weighted by Gasteiger charge is 2.16. The monoisotopic (exact) mass is 325 g/mol. The van der Waals surface area contributed by atoms with Crippen LogP contribution in [0.4, 0.5) is 0 Å². The summed E-state index contributed by atoms with van der Waals surface area (Å²) in [6, 6.07) is 27.1. The number of hydrogen-bond acceptors (Lipinski definition) is 2. The fourth-order valence-corrected chi connectivity index (χ4v) is 3.23. The Morgan fingerprint density at radius 2 is 1.52 bits per heavy atom. The first-order valence-corrected chi connectivity index (χ1v) is 8.54. The van der Waals surface area contributed by atoms with E-state index in [2.05, 4.69) is 65.6 Å². The van der Waals surface area contributed by atoms with E-state index in [1.165, 1.54) is 11.1 Å². The molecule has 0 aliphatic rings. The van der Waals surface area contributed by atoms with Crippen molar-refractivity contribution in [1.29, 1.82) is 0 Å². The molecule has 0 radical (unpaired) electrons. The highest BCUT2D eigenvalue weighted by Crippen LogP contribution is 2.41. The maximum Gasteiger partial charge on any atom is 0.129 e. The molecule has 0 unspecified atom stereocenters. The van der Waals surface area contributed by atoms with Gasteiger partial charge in [0.2, 0.25) is 0 Å². The molecule has 0 aliphatic carbocycles. The van der Waals surface area contributed by atoms with E-state index in [0.717, 1.165) is 27.8 Å². The average Bonchev–Trinajstić information content (AvgIpc) is 2.69. The van der Waals surface area contributed by atoms with Gasteiger partial charge in [-0.3, -0.25) is 4.98 Å². The first-order chi connectivity index (χ1) is 12.4. The molecular weight excluding hydrogens is 306 g/mol. The van der Waals surface area contributed by atoms with Gasteiger partial charge in [0, 0.05) is 11.6 Å². The van der Waals surface area contributed by atoms with Gasteiger partial charge in [0.05, 0.1) is 17.7 Å². The van der Waals surface area contributed by atoms with E-state index in [1.54, 1.807) is 0 Å². The lowest BCUT2D eigenvalue weighted by molar-refractivity contribution is 0.342. The van der Waals surface area contributed by atoms with Crippen molar-refractivity contribution in [3.63, 3.8) is 0 Å². The van der Waals surface area contributed by atoms with Crippen LogP contribution in [-0.4, -0.2) is 11.6 Å². The third-order valence-electron chi connectivity index (χ3n) is 4.32. The van der Waals surface area contributed by atoms with Gasteiger partial charge in [-0.1, -0.05) is 60.7 Å². The van der Waals surface area contributed by atoms with Crippen LogP contribution in [0.15, 0.2) is 85.1 Å². The van der Waals surface area contributed by atoms with Crippen molar-refractivity contribution >= 4 is 10.9 Å². The second-order valence-electron chi connectivity index (χ2n) is 5.86. The normalized spacial score (nSPS) is 10.8. The van der Waals surface area contributed by atoms with Crippen molar-refractivity contribution in [1.82, 2.24) is 4.98 Å². The molecule has 0 amide bonds. The standard InChI is InChI=1S/C23H19NO/c1-2-25-21-15-14-18-11-8-16-24-23(18)22(21)20-13-7-6-12-19(20)17-9-4-3-5-10-17/h3-16H,2H2,1H3. The van der Waals surface area contributed by atoms with Gasteiger partial charge >= 0.3 is 0 Å². The van der Waals surface area contributed by atoms with Crippen LogP contribution in [0.25, 0.3) is 33.2 Å². The van der Waals surface area contributed by atoms with E-state index >= 15 is 0 Å². The molecule has 2 nitrogen and oxygen atoms in total. The Morgan fingerprint density at radius 1 is 0.760 bits per heavy atom. The maximum atomic E-state index is 5.95. The van der Waals surface area contributed by atoms with Gasteiger partial charge in [0.25, 0.3) is 0 Å². The third-order valence-corrected chi connectivity index (χ3v) is 4.32. The largest absolute Gasteiger partial charge is 0.493 e. The van der Waals surface area contributed by atoms with Crippen molar-refractivity contribution in [2.45, 2.75) is 6.92 Å². The lowest BCUT2D eigenvalue weighted by atomic mass is 9.92. The smallest absolute Gasteiger partial charge is 0.129 e. The van der Waals surface area contributed by atoms with E-state index in [4.69, 9.17) is 4.74 Å². The molecule has 0 aliphatic heterocycles. The van der Waals surface area contributed by atoms with E-state index < -0.39 is 0 Å². The second-order valence-corrected chi connectivity index (χ2v) is 5.86. The first kappa shape index (κ1) is 15.4. The van der Waals surface area contributed by atoms with Crippen LogP contribution in [0, 0.1) is 0 Å². The van der Waals surface area contributed by atoms with Gasteiger partial charge in [-0.2, -0.15) is 0 Å². The molecule has 0 atom stereocenters. The fraction of sp³-hybridized carbons (Fsp3) is 0.0870. The Kier molecular flexibility index (Phi) is 4.17. The Hall–Kier alpha value is -3.13. The van der Waals surface area contributed by atoms with Gasteiger partial charge in [-0.15, -0.1) is 0 Å². The minimum atomic E-state index is 0.624. The molecule has 0 N–H and O–H groups in total. The number of ether oxygens (including phenoxy) is 1. The SMILES string of the molecule is CCOc1ccc2cccnc2c1-c1ccccc1-c1ccccc1.